The second-order valence-electron chi connectivity index (χ2n) is 8.53. The van der Waals surface area contributed by atoms with Gasteiger partial charge in [-0.2, -0.15) is 0 Å². The van der Waals surface area contributed by atoms with Gasteiger partial charge in [0.1, 0.15) is 24.0 Å². The zero-order valence-electron chi connectivity index (χ0n) is 19.0. The molecule has 174 valence electrons. The molecule has 0 saturated carbocycles. The fourth-order valence-electron chi connectivity index (χ4n) is 4.30. The number of hydrogen-bond donors (Lipinski definition) is 0. The highest BCUT2D eigenvalue weighted by atomic mass is 32.1. The van der Waals surface area contributed by atoms with Gasteiger partial charge in [0.05, 0.1) is 16.4 Å². The lowest BCUT2D eigenvalue weighted by molar-refractivity contribution is -0.131. The highest BCUT2D eigenvalue weighted by molar-refractivity contribution is 7.11. The van der Waals surface area contributed by atoms with Crippen molar-refractivity contribution in [2.24, 2.45) is 0 Å². The van der Waals surface area contributed by atoms with E-state index in [1.807, 2.05) is 18.0 Å². The molecule has 8 heteroatoms. The number of nitrogens with zero attached hydrogens (tertiary/aromatic N) is 4. The van der Waals surface area contributed by atoms with Crippen molar-refractivity contribution >= 4 is 17.2 Å². The predicted octanol–water partition coefficient (Wildman–Crippen LogP) is 5.20. The number of halogens is 2. The maximum atomic E-state index is 13.8. The molecular formula is C26H24F2N4OS. The summed E-state index contributed by atoms with van der Waals surface area (Å²) >= 11 is 1.70. The fourth-order valence-corrected chi connectivity index (χ4v) is 5.27. The van der Waals surface area contributed by atoms with Crippen LogP contribution in [0.2, 0.25) is 0 Å². The average molecular weight is 479 g/mol. The lowest BCUT2D eigenvalue weighted by atomic mass is 10.1. The summed E-state index contributed by atoms with van der Waals surface area (Å²) in [7, 11) is 0. The third kappa shape index (κ3) is 4.50. The van der Waals surface area contributed by atoms with Crippen molar-refractivity contribution in [1.82, 2.24) is 19.4 Å². The molecular weight excluding hydrogens is 454 g/mol. The molecule has 0 fully saturated rings. The minimum atomic E-state index is -0.340. The van der Waals surface area contributed by atoms with Crippen molar-refractivity contribution in [3.05, 3.63) is 81.4 Å². The molecule has 34 heavy (non-hydrogen) atoms. The number of carbonyl (C=O) groups is 1. The molecule has 4 aromatic rings. The van der Waals surface area contributed by atoms with Gasteiger partial charge in [0.25, 0.3) is 0 Å². The van der Waals surface area contributed by atoms with Crippen LogP contribution < -0.4 is 0 Å². The van der Waals surface area contributed by atoms with E-state index >= 15 is 0 Å². The first kappa shape index (κ1) is 22.4. The van der Waals surface area contributed by atoms with Gasteiger partial charge in [-0.25, -0.2) is 18.7 Å². The van der Waals surface area contributed by atoms with Gasteiger partial charge in [-0.1, -0.05) is 0 Å². The Bertz CT molecular complexity index is 1330. The third-order valence-electron chi connectivity index (χ3n) is 6.10. The molecule has 5 rings (SSSR count). The predicted molar refractivity (Wildman–Crippen MR) is 129 cm³/mol. The highest BCUT2D eigenvalue weighted by Gasteiger charge is 2.23. The number of fused-ring (bicyclic) bond motifs is 1. The standard InChI is InChI=1S/C26H24F2N4OS/c1-16-13-19(5-8-21(16)28)23-14-32(26(30-23)18-3-6-20(27)7-4-18)15-25(33)31-11-9-22-24(10-12-31)34-17(2)29-22/h3-8,13-14H,9-12,15H2,1-2H3. The van der Waals surface area contributed by atoms with Crippen LogP contribution >= 0.6 is 11.3 Å². The molecule has 2 aromatic carbocycles. The normalized spacial score (nSPS) is 13.6. The van der Waals surface area contributed by atoms with E-state index in [0.29, 0.717) is 35.7 Å². The first-order valence-corrected chi connectivity index (χ1v) is 12.0. The number of carbonyl (C=O) groups excluding carboxylic acids is 1. The van der Waals surface area contributed by atoms with Gasteiger partial charge < -0.3 is 9.47 Å². The van der Waals surface area contributed by atoms with E-state index in [9.17, 15) is 13.6 Å². The number of amides is 1. The van der Waals surface area contributed by atoms with Crippen LogP contribution in [0, 0.1) is 25.5 Å². The molecule has 0 saturated heterocycles. The van der Waals surface area contributed by atoms with Gasteiger partial charge >= 0.3 is 0 Å². The SMILES string of the molecule is Cc1nc2c(s1)CCN(C(=O)Cn1cc(-c3ccc(F)c(C)c3)nc1-c1ccc(F)cc1)CC2. The first-order valence-electron chi connectivity index (χ1n) is 11.2. The second-order valence-corrected chi connectivity index (χ2v) is 9.82. The summed E-state index contributed by atoms with van der Waals surface area (Å²) in [6.07, 6.45) is 3.37. The molecule has 0 bridgehead atoms. The van der Waals surface area contributed by atoms with Crippen LogP contribution in [0.1, 0.15) is 21.1 Å². The monoisotopic (exact) mass is 478 g/mol. The van der Waals surface area contributed by atoms with Crippen molar-refractivity contribution in [3.8, 4) is 22.6 Å². The van der Waals surface area contributed by atoms with Crippen LogP contribution in [0.15, 0.2) is 48.7 Å². The average Bonchev–Trinajstić information content (AvgIpc) is 3.33. The summed E-state index contributed by atoms with van der Waals surface area (Å²) in [6.45, 7) is 5.10. The minimum absolute atomic E-state index is 0.00512. The van der Waals surface area contributed by atoms with Gasteiger partial charge in [-0.05, 0) is 61.9 Å². The van der Waals surface area contributed by atoms with Crippen molar-refractivity contribution in [3.63, 3.8) is 0 Å². The Kier molecular flexibility index (Phi) is 6.00. The Balaban J connectivity index is 1.44. The van der Waals surface area contributed by atoms with Crippen molar-refractivity contribution in [2.75, 3.05) is 13.1 Å². The van der Waals surface area contributed by atoms with Crippen molar-refractivity contribution in [1.29, 1.82) is 0 Å². The van der Waals surface area contributed by atoms with Gasteiger partial charge in [-0.3, -0.25) is 4.79 Å². The Morgan fingerprint density at radius 1 is 1.00 bits per heavy atom. The molecule has 5 nitrogen and oxygen atoms in total. The van der Waals surface area contributed by atoms with E-state index in [2.05, 4.69) is 4.98 Å². The van der Waals surface area contributed by atoms with Crippen LogP contribution in [0.5, 0.6) is 0 Å². The molecule has 1 amide bonds. The quantitative estimate of drug-likeness (QED) is 0.405. The number of hydrogen-bond acceptors (Lipinski definition) is 4. The molecule has 0 atom stereocenters. The van der Waals surface area contributed by atoms with Crippen LogP contribution in [0.4, 0.5) is 8.78 Å². The lowest BCUT2D eigenvalue weighted by Crippen LogP contribution is -2.35. The number of benzene rings is 2. The molecule has 3 heterocycles. The first-order chi connectivity index (χ1) is 16.4. The Labute approximate surface area is 200 Å². The highest BCUT2D eigenvalue weighted by Crippen LogP contribution is 2.27. The Morgan fingerprint density at radius 3 is 2.50 bits per heavy atom. The molecule has 1 aliphatic rings. The molecule has 0 N–H and O–H groups in total. The Morgan fingerprint density at radius 2 is 1.74 bits per heavy atom. The molecule has 0 radical (unpaired) electrons. The van der Waals surface area contributed by atoms with Crippen molar-refractivity contribution < 1.29 is 13.6 Å². The number of aromatic nitrogens is 3. The van der Waals surface area contributed by atoms with Crippen LogP contribution in [0.25, 0.3) is 22.6 Å². The summed E-state index contributed by atoms with van der Waals surface area (Å²) in [5.41, 5.74) is 3.72. The maximum Gasteiger partial charge on any atom is 0.242 e. The third-order valence-corrected chi connectivity index (χ3v) is 7.18. The van der Waals surface area contributed by atoms with Gasteiger partial charge in [0.2, 0.25) is 5.91 Å². The molecule has 1 aliphatic heterocycles. The molecule has 0 aliphatic carbocycles. The minimum Gasteiger partial charge on any atom is -0.340 e. The van der Waals surface area contributed by atoms with Gasteiger partial charge in [0, 0.05) is 48.1 Å². The van der Waals surface area contributed by atoms with E-state index in [-0.39, 0.29) is 24.1 Å². The topological polar surface area (TPSA) is 51.0 Å². The molecule has 0 spiro atoms. The number of imidazole rings is 1. The van der Waals surface area contributed by atoms with Crippen LogP contribution in [-0.2, 0) is 24.2 Å². The zero-order chi connectivity index (χ0) is 23.8. The van der Waals surface area contributed by atoms with Crippen LogP contribution in [-0.4, -0.2) is 38.4 Å². The number of thiazole rings is 1. The maximum absolute atomic E-state index is 13.8. The van der Waals surface area contributed by atoms with E-state index in [1.54, 1.807) is 47.1 Å². The number of aryl methyl sites for hydroxylation is 2. The number of rotatable bonds is 4. The van der Waals surface area contributed by atoms with E-state index in [4.69, 9.17) is 4.98 Å². The summed E-state index contributed by atoms with van der Waals surface area (Å²) in [5.74, 6) is -0.0595. The van der Waals surface area contributed by atoms with Gasteiger partial charge in [-0.15, -0.1) is 11.3 Å². The largest absolute Gasteiger partial charge is 0.340 e. The zero-order valence-corrected chi connectivity index (χ0v) is 19.8. The summed E-state index contributed by atoms with van der Waals surface area (Å²) in [4.78, 5) is 25.8. The van der Waals surface area contributed by atoms with E-state index in [0.717, 1.165) is 29.1 Å². The van der Waals surface area contributed by atoms with E-state index in [1.165, 1.54) is 23.1 Å². The smallest absolute Gasteiger partial charge is 0.242 e. The summed E-state index contributed by atoms with van der Waals surface area (Å²) in [6, 6.07) is 10.9. The summed E-state index contributed by atoms with van der Waals surface area (Å²) < 4.78 is 29.1. The van der Waals surface area contributed by atoms with Crippen molar-refractivity contribution in [2.45, 2.75) is 33.2 Å². The fraction of sp³-hybridized carbons (Fsp3) is 0.269. The second kappa shape index (κ2) is 9.10. The van der Waals surface area contributed by atoms with Gasteiger partial charge in [0.15, 0.2) is 0 Å². The van der Waals surface area contributed by atoms with E-state index < -0.39 is 0 Å². The summed E-state index contributed by atoms with van der Waals surface area (Å²) in [5, 5.41) is 1.07. The van der Waals surface area contributed by atoms with Crippen LogP contribution in [0.3, 0.4) is 0 Å². The lowest BCUT2D eigenvalue weighted by Gasteiger charge is -2.21. The molecule has 0 unspecified atom stereocenters. The Hall–Kier alpha value is -3.39. The molecule has 2 aromatic heterocycles.